The maximum absolute atomic E-state index is 12.1. The average Bonchev–Trinajstić information content (AvgIpc) is 3.14. The number of hydrogen-bond donors (Lipinski definition) is 2. The zero-order chi connectivity index (χ0) is 19.1. The summed E-state index contributed by atoms with van der Waals surface area (Å²) in [4.78, 5) is 12.1. The van der Waals surface area contributed by atoms with Crippen LogP contribution < -0.4 is 15.4 Å². The van der Waals surface area contributed by atoms with E-state index in [9.17, 15) is 4.79 Å². The molecule has 0 aliphatic heterocycles. The molecule has 3 aromatic rings. The van der Waals surface area contributed by atoms with Crippen LogP contribution in [0.3, 0.4) is 0 Å². The Kier molecular flexibility index (Phi) is 6.25. The van der Waals surface area contributed by atoms with E-state index < -0.39 is 0 Å². The second-order valence-electron chi connectivity index (χ2n) is 5.26. The number of benzene rings is 2. The Morgan fingerprint density at radius 1 is 1.22 bits per heavy atom. The minimum absolute atomic E-state index is 0.171. The quantitative estimate of drug-likeness (QED) is 0.583. The van der Waals surface area contributed by atoms with Gasteiger partial charge >= 0.3 is 0 Å². The van der Waals surface area contributed by atoms with Crippen LogP contribution >= 0.6 is 23.1 Å². The topological polar surface area (TPSA) is 99.9 Å². The van der Waals surface area contributed by atoms with Crippen molar-refractivity contribution in [1.29, 1.82) is 5.26 Å². The largest absolute Gasteiger partial charge is 0.497 e. The summed E-state index contributed by atoms with van der Waals surface area (Å²) in [6.45, 7) is 0. The lowest BCUT2D eigenvalue weighted by atomic mass is 10.2. The van der Waals surface area contributed by atoms with E-state index >= 15 is 0 Å². The summed E-state index contributed by atoms with van der Waals surface area (Å²) in [5, 5.41) is 23.6. The van der Waals surface area contributed by atoms with Gasteiger partial charge in [0.15, 0.2) is 4.34 Å². The van der Waals surface area contributed by atoms with Gasteiger partial charge in [-0.15, -0.1) is 10.2 Å². The van der Waals surface area contributed by atoms with Crippen LogP contribution in [0.4, 0.5) is 16.5 Å². The number of amides is 1. The fourth-order valence-electron chi connectivity index (χ4n) is 2.11. The number of aromatic nitrogens is 2. The van der Waals surface area contributed by atoms with Gasteiger partial charge < -0.3 is 15.4 Å². The Hall–Kier alpha value is -3.09. The van der Waals surface area contributed by atoms with Gasteiger partial charge in [0, 0.05) is 11.4 Å². The Balaban J connectivity index is 1.51. The van der Waals surface area contributed by atoms with E-state index in [1.807, 2.05) is 30.3 Å². The van der Waals surface area contributed by atoms with Crippen molar-refractivity contribution in [2.24, 2.45) is 0 Å². The van der Waals surface area contributed by atoms with Gasteiger partial charge in [-0.2, -0.15) is 5.26 Å². The third kappa shape index (κ3) is 5.44. The maximum Gasteiger partial charge on any atom is 0.234 e. The number of nitriles is 1. The molecule has 0 saturated heterocycles. The SMILES string of the molecule is COc1ccc(Nc2nnc(SCC(=O)Nc3cccc(C#N)c3)s2)cc1. The van der Waals surface area contributed by atoms with Crippen LogP contribution in [0.1, 0.15) is 5.56 Å². The summed E-state index contributed by atoms with van der Waals surface area (Å²) < 4.78 is 5.81. The number of methoxy groups -OCH3 is 1. The summed E-state index contributed by atoms with van der Waals surface area (Å²) in [6.07, 6.45) is 0. The number of ether oxygens (including phenoxy) is 1. The Bertz CT molecular complexity index is 966. The molecule has 1 heterocycles. The molecule has 0 aliphatic carbocycles. The second kappa shape index (κ2) is 9.02. The lowest BCUT2D eigenvalue weighted by molar-refractivity contribution is -0.113. The van der Waals surface area contributed by atoms with Gasteiger partial charge in [-0.05, 0) is 42.5 Å². The third-order valence-corrected chi connectivity index (χ3v) is 5.32. The van der Waals surface area contributed by atoms with E-state index in [1.165, 1.54) is 23.1 Å². The first-order valence-corrected chi connectivity index (χ1v) is 9.64. The zero-order valence-corrected chi connectivity index (χ0v) is 15.9. The minimum atomic E-state index is -0.171. The molecule has 136 valence electrons. The van der Waals surface area contributed by atoms with Gasteiger partial charge in [0.2, 0.25) is 11.0 Å². The molecule has 0 spiro atoms. The molecule has 0 radical (unpaired) electrons. The van der Waals surface area contributed by atoms with E-state index in [1.54, 1.807) is 31.4 Å². The number of nitrogens with zero attached hydrogens (tertiary/aromatic N) is 3. The second-order valence-corrected chi connectivity index (χ2v) is 7.46. The number of rotatable bonds is 7. The van der Waals surface area contributed by atoms with Crippen molar-refractivity contribution in [2.75, 3.05) is 23.5 Å². The highest BCUT2D eigenvalue weighted by molar-refractivity contribution is 8.01. The van der Waals surface area contributed by atoms with Crippen LogP contribution in [-0.2, 0) is 4.79 Å². The highest BCUT2D eigenvalue weighted by Gasteiger charge is 2.09. The van der Waals surface area contributed by atoms with Gasteiger partial charge in [-0.25, -0.2) is 0 Å². The number of carbonyl (C=O) groups excluding carboxylic acids is 1. The van der Waals surface area contributed by atoms with Gasteiger partial charge in [-0.3, -0.25) is 4.79 Å². The Labute approximate surface area is 164 Å². The van der Waals surface area contributed by atoms with E-state index in [0.29, 0.717) is 20.7 Å². The monoisotopic (exact) mass is 397 g/mol. The Morgan fingerprint density at radius 2 is 2.04 bits per heavy atom. The smallest absolute Gasteiger partial charge is 0.234 e. The standard InChI is InChI=1S/C18H15N5O2S2/c1-25-15-7-5-13(6-8-15)21-17-22-23-18(27-17)26-11-16(24)20-14-4-2-3-12(9-14)10-19/h2-9H,11H2,1H3,(H,20,24)(H,21,22). The van der Waals surface area contributed by atoms with E-state index in [-0.39, 0.29) is 11.7 Å². The van der Waals surface area contributed by atoms with E-state index in [4.69, 9.17) is 10.00 Å². The molecule has 9 heteroatoms. The highest BCUT2D eigenvalue weighted by atomic mass is 32.2. The lowest BCUT2D eigenvalue weighted by Crippen LogP contribution is -2.13. The summed E-state index contributed by atoms with van der Waals surface area (Å²) >= 11 is 2.67. The molecule has 0 bridgehead atoms. The zero-order valence-electron chi connectivity index (χ0n) is 14.3. The lowest BCUT2D eigenvalue weighted by Gasteiger charge is -2.04. The normalized spacial score (nSPS) is 10.1. The van der Waals surface area contributed by atoms with Crippen LogP contribution in [0.5, 0.6) is 5.75 Å². The predicted octanol–water partition coefficient (Wildman–Crippen LogP) is 3.89. The van der Waals surface area contributed by atoms with Crippen molar-refractivity contribution in [3.63, 3.8) is 0 Å². The van der Waals surface area contributed by atoms with Crippen molar-refractivity contribution in [1.82, 2.24) is 10.2 Å². The van der Waals surface area contributed by atoms with Gasteiger partial charge in [-0.1, -0.05) is 29.2 Å². The molecule has 1 amide bonds. The fourth-order valence-corrected chi connectivity index (χ4v) is 3.68. The predicted molar refractivity (Wildman–Crippen MR) is 107 cm³/mol. The molecule has 0 fully saturated rings. The maximum atomic E-state index is 12.1. The van der Waals surface area contributed by atoms with Gasteiger partial charge in [0.1, 0.15) is 5.75 Å². The molecule has 0 saturated carbocycles. The molecule has 0 atom stereocenters. The molecule has 7 nitrogen and oxygen atoms in total. The van der Waals surface area contributed by atoms with E-state index in [2.05, 4.69) is 20.8 Å². The number of anilines is 3. The first-order valence-electron chi connectivity index (χ1n) is 7.83. The third-order valence-electron chi connectivity index (χ3n) is 3.35. The van der Waals surface area contributed by atoms with Crippen molar-refractivity contribution in [3.05, 3.63) is 54.1 Å². The molecule has 2 aromatic carbocycles. The van der Waals surface area contributed by atoms with Gasteiger partial charge in [0.05, 0.1) is 24.5 Å². The highest BCUT2D eigenvalue weighted by Crippen LogP contribution is 2.28. The average molecular weight is 397 g/mol. The molecule has 0 aliphatic rings. The summed E-state index contributed by atoms with van der Waals surface area (Å²) in [6, 6.07) is 16.3. The van der Waals surface area contributed by atoms with Crippen molar-refractivity contribution in [2.45, 2.75) is 4.34 Å². The molecule has 2 N–H and O–H groups in total. The van der Waals surface area contributed by atoms with Crippen LogP contribution in [0.15, 0.2) is 52.9 Å². The number of hydrogen-bond acceptors (Lipinski definition) is 8. The van der Waals surface area contributed by atoms with E-state index in [0.717, 1.165) is 11.4 Å². The van der Waals surface area contributed by atoms with Crippen LogP contribution in [-0.4, -0.2) is 29.0 Å². The van der Waals surface area contributed by atoms with Crippen LogP contribution in [0, 0.1) is 11.3 Å². The summed E-state index contributed by atoms with van der Waals surface area (Å²) in [5.41, 5.74) is 1.97. The van der Waals surface area contributed by atoms with Crippen LogP contribution in [0.25, 0.3) is 0 Å². The number of carbonyl (C=O) groups is 1. The first kappa shape index (κ1) is 18.7. The number of nitrogens with one attached hydrogen (secondary N) is 2. The van der Waals surface area contributed by atoms with Crippen molar-refractivity contribution < 1.29 is 9.53 Å². The van der Waals surface area contributed by atoms with Crippen molar-refractivity contribution in [3.8, 4) is 11.8 Å². The van der Waals surface area contributed by atoms with Crippen molar-refractivity contribution >= 4 is 45.5 Å². The molecular formula is C18H15N5O2S2. The fraction of sp³-hybridized carbons (Fsp3) is 0.111. The molecular weight excluding hydrogens is 382 g/mol. The summed E-state index contributed by atoms with van der Waals surface area (Å²) in [7, 11) is 1.62. The van der Waals surface area contributed by atoms with Gasteiger partial charge in [0.25, 0.3) is 0 Å². The molecule has 0 unspecified atom stereocenters. The van der Waals surface area contributed by atoms with Crippen LogP contribution in [0.2, 0.25) is 0 Å². The number of thioether (sulfide) groups is 1. The Morgan fingerprint density at radius 3 is 2.78 bits per heavy atom. The minimum Gasteiger partial charge on any atom is -0.497 e. The molecule has 3 rings (SSSR count). The molecule has 27 heavy (non-hydrogen) atoms. The molecule has 1 aromatic heterocycles. The first-order chi connectivity index (χ1) is 13.2. The summed E-state index contributed by atoms with van der Waals surface area (Å²) in [5.74, 6) is 0.809.